The fourth-order valence-corrected chi connectivity index (χ4v) is 4.71. The van der Waals surface area contributed by atoms with Gasteiger partial charge in [-0.05, 0) is 69.4 Å². The fraction of sp³-hybridized carbons (Fsp3) is 0.435. The number of benzene rings is 1. The number of aliphatic hydroxyl groups is 1. The molecule has 2 aliphatic rings. The van der Waals surface area contributed by atoms with Crippen LogP contribution in [0.5, 0.6) is 0 Å². The summed E-state index contributed by atoms with van der Waals surface area (Å²) in [7, 11) is 0. The molecule has 5 rings (SSSR count). The minimum atomic E-state index is -0.580. The van der Waals surface area contributed by atoms with Crippen molar-refractivity contribution < 1.29 is 9.90 Å². The van der Waals surface area contributed by atoms with E-state index in [4.69, 9.17) is 16.6 Å². The second-order valence-corrected chi connectivity index (χ2v) is 9.38. The summed E-state index contributed by atoms with van der Waals surface area (Å²) < 4.78 is 1.78. The van der Waals surface area contributed by atoms with Crippen LogP contribution in [0.15, 0.2) is 36.5 Å². The van der Waals surface area contributed by atoms with Gasteiger partial charge in [-0.1, -0.05) is 11.6 Å². The van der Waals surface area contributed by atoms with Gasteiger partial charge in [0.15, 0.2) is 5.82 Å². The molecular formula is C23H27ClN6O2. The molecule has 8 nitrogen and oxygen atoms in total. The number of hydrogen-bond acceptors (Lipinski definition) is 6. The third kappa shape index (κ3) is 4.25. The van der Waals surface area contributed by atoms with Gasteiger partial charge in [-0.15, -0.1) is 5.10 Å². The van der Waals surface area contributed by atoms with Crippen LogP contribution in [0, 0.1) is 0 Å². The summed E-state index contributed by atoms with van der Waals surface area (Å²) in [6.45, 7) is 2.62. The zero-order valence-corrected chi connectivity index (χ0v) is 18.8. The van der Waals surface area contributed by atoms with Crippen LogP contribution in [0.3, 0.4) is 0 Å². The van der Waals surface area contributed by atoms with E-state index in [2.05, 4.69) is 15.7 Å². The second kappa shape index (κ2) is 8.26. The predicted molar refractivity (Wildman–Crippen MR) is 126 cm³/mol. The van der Waals surface area contributed by atoms with Gasteiger partial charge in [-0.25, -0.2) is 4.52 Å². The number of halogens is 1. The molecule has 0 atom stereocenters. The molecule has 1 saturated heterocycles. The quantitative estimate of drug-likeness (QED) is 0.530. The number of rotatable bonds is 5. The summed E-state index contributed by atoms with van der Waals surface area (Å²) in [6.07, 6.45) is 6.62. The van der Waals surface area contributed by atoms with Crippen molar-refractivity contribution in [3.05, 3.63) is 41.6 Å². The summed E-state index contributed by atoms with van der Waals surface area (Å²) in [5.74, 6) is 1.29. The Morgan fingerprint density at radius 2 is 2.06 bits per heavy atom. The molecule has 9 heteroatoms. The van der Waals surface area contributed by atoms with E-state index in [1.54, 1.807) is 15.5 Å². The van der Waals surface area contributed by atoms with E-state index in [9.17, 15) is 9.90 Å². The number of carbonyl (C=O) groups is 1. The number of nitrogens with zero attached hydrogens (tertiary/aromatic N) is 4. The molecule has 3 aromatic rings. The molecule has 2 fully saturated rings. The van der Waals surface area contributed by atoms with E-state index in [0.717, 1.165) is 55.7 Å². The van der Waals surface area contributed by atoms with Crippen LogP contribution >= 0.6 is 11.6 Å². The number of nitrogens with one attached hydrogen (secondary N) is 2. The first-order valence-electron chi connectivity index (χ1n) is 11.1. The molecule has 0 spiro atoms. The van der Waals surface area contributed by atoms with E-state index in [-0.39, 0.29) is 11.9 Å². The van der Waals surface area contributed by atoms with Crippen molar-refractivity contribution in [3.8, 4) is 0 Å². The van der Waals surface area contributed by atoms with Gasteiger partial charge in [-0.3, -0.25) is 4.79 Å². The SMILES string of the molecule is C[C@]1(O)CC[C@H](Nc2nc(Nc3ccc(N4CCCC4=O)cc3Cl)nn3cccc23)CC1. The van der Waals surface area contributed by atoms with Gasteiger partial charge < -0.3 is 20.6 Å². The summed E-state index contributed by atoms with van der Waals surface area (Å²) in [4.78, 5) is 18.5. The van der Waals surface area contributed by atoms with Crippen LogP contribution in [0.25, 0.3) is 5.52 Å². The number of hydrogen-bond donors (Lipinski definition) is 3. The molecule has 1 saturated carbocycles. The van der Waals surface area contributed by atoms with Gasteiger partial charge in [-0.2, -0.15) is 4.98 Å². The lowest BCUT2D eigenvalue weighted by Crippen LogP contribution is -2.36. The highest BCUT2D eigenvalue weighted by Crippen LogP contribution is 2.33. The van der Waals surface area contributed by atoms with E-state index >= 15 is 0 Å². The van der Waals surface area contributed by atoms with E-state index in [0.29, 0.717) is 23.1 Å². The molecule has 1 amide bonds. The van der Waals surface area contributed by atoms with Crippen LogP contribution in [-0.2, 0) is 4.79 Å². The summed E-state index contributed by atoms with van der Waals surface area (Å²) in [5.41, 5.74) is 1.79. The molecule has 168 valence electrons. The Hall–Kier alpha value is -2.84. The Bertz CT molecular complexity index is 1150. The molecule has 0 radical (unpaired) electrons. The standard InChI is InChI=1S/C23H27ClN6O2/c1-23(32)10-8-15(9-11-23)25-21-19-4-2-13-30(19)28-22(27-21)26-18-7-6-16(14-17(18)24)29-12-3-5-20(29)31/h2,4,6-7,13-15,32H,3,5,8-12H2,1H3,(H2,25,26,27,28)/t15-,23-. The molecule has 0 bridgehead atoms. The van der Waals surface area contributed by atoms with Crippen LogP contribution in [0.1, 0.15) is 45.4 Å². The molecule has 32 heavy (non-hydrogen) atoms. The van der Waals surface area contributed by atoms with Gasteiger partial charge in [0.05, 0.1) is 16.3 Å². The topological polar surface area (TPSA) is 94.8 Å². The molecule has 1 aliphatic carbocycles. The Morgan fingerprint density at radius 3 is 2.78 bits per heavy atom. The van der Waals surface area contributed by atoms with E-state index < -0.39 is 5.60 Å². The van der Waals surface area contributed by atoms with Gasteiger partial charge in [0, 0.05) is 30.9 Å². The zero-order chi connectivity index (χ0) is 22.3. The second-order valence-electron chi connectivity index (χ2n) is 8.98. The summed E-state index contributed by atoms with van der Waals surface area (Å²) >= 11 is 6.52. The molecule has 2 aromatic heterocycles. The Labute approximate surface area is 191 Å². The number of aromatic nitrogens is 3. The average molecular weight is 455 g/mol. The number of fused-ring (bicyclic) bond motifs is 1. The maximum absolute atomic E-state index is 12.0. The van der Waals surface area contributed by atoms with E-state index in [1.165, 1.54) is 0 Å². The minimum Gasteiger partial charge on any atom is -0.390 e. The van der Waals surface area contributed by atoms with Gasteiger partial charge in [0.2, 0.25) is 11.9 Å². The Morgan fingerprint density at radius 1 is 1.25 bits per heavy atom. The highest BCUT2D eigenvalue weighted by atomic mass is 35.5. The molecule has 1 aromatic carbocycles. The maximum Gasteiger partial charge on any atom is 0.247 e. The van der Waals surface area contributed by atoms with E-state index in [1.807, 2.05) is 37.4 Å². The van der Waals surface area contributed by atoms with Gasteiger partial charge in [0.25, 0.3) is 0 Å². The molecular weight excluding hydrogens is 428 g/mol. The predicted octanol–water partition coefficient (Wildman–Crippen LogP) is 4.36. The van der Waals surface area contributed by atoms with Crippen molar-refractivity contribution in [2.24, 2.45) is 0 Å². The van der Waals surface area contributed by atoms with Gasteiger partial charge >= 0.3 is 0 Å². The first-order valence-corrected chi connectivity index (χ1v) is 11.5. The summed E-state index contributed by atoms with van der Waals surface area (Å²) in [5, 5.41) is 22.0. The zero-order valence-electron chi connectivity index (χ0n) is 18.0. The van der Waals surface area contributed by atoms with Crippen molar-refractivity contribution >= 4 is 46.2 Å². The lowest BCUT2D eigenvalue weighted by atomic mass is 9.84. The highest BCUT2D eigenvalue weighted by Gasteiger charge is 2.29. The number of anilines is 4. The van der Waals surface area contributed by atoms with Crippen LogP contribution in [-0.4, -0.2) is 43.8 Å². The highest BCUT2D eigenvalue weighted by molar-refractivity contribution is 6.33. The van der Waals surface area contributed by atoms with Crippen molar-refractivity contribution in [2.75, 3.05) is 22.1 Å². The third-order valence-electron chi connectivity index (χ3n) is 6.38. The normalized spacial score (nSPS) is 23.7. The molecule has 3 N–H and O–H groups in total. The number of carbonyl (C=O) groups excluding carboxylic acids is 1. The first kappa shape index (κ1) is 21.0. The maximum atomic E-state index is 12.0. The van der Waals surface area contributed by atoms with Gasteiger partial charge in [0.1, 0.15) is 5.52 Å². The van der Waals surface area contributed by atoms with Crippen molar-refractivity contribution in [3.63, 3.8) is 0 Å². The number of amides is 1. The third-order valence-corrected chi connectivity index (χ3v) is 6.69. The first-order chi connectivity index (χ1) is 15.4. The lowest BCUT2D eigenvalue weighted by Gasteiger charge is -2.33. The lowest BCUT2D eigenvalue weighted by molar-refractivity contribution is -0.117. The van der Waals surface area contributed by atoms with Crippen molar-refractivity contribution in [2.45, 2.75) is 57.1 Å². The minimum absolute atomic E-state index is 0.128. The molecule has 3 heterocycles. The van der Waals surface area contributed by atoms with Crippen molar-refractivity contribution in [1.82, 2.24) is 14.6 Å². The average Bonchev–Trinajstić information content (AvgIpc) is 3.40. The van der Waals surface area contributed by atoms with Crippen LogP contribution in [0.2, 0.25) is 5.02 Å². The fourth-order valence-electron chi connectivity index (χ4n) is 4.49. The molecule has 0 unspecified atom stereocenters. The monoisotopic (exact) mass is 454 g/mol. The Kier molecular flexibility index (Phi) is 5.43. The molecule has 1 aliphatic heterocycles. The largest absolute Gasteiger partial charge is 0.390 e. The van der Waals surface area contributed by atoms with Crippen LogP contribution in [0.4, 0.5) is 23.1 Å². The van der Waals surface area contributed by atoms with Crippen LogP contribution < -0.4 is 15.5 Å². The summed E-state index contributed by atoms with van der Waals surface area (Å²) in [6, 6.07) is 9.69. The van der Waals surface area contributed by atoms with Crippen molar-refractivity contribution in [1.29, 1.82) is 0 Å². The Balaban J connectivity index is 1.37. The smallest absolute Gasteiger partial charge is 0.247 e.